The normalized spacial score (nSPS) is 17.2. The average molecular weight is 315 g/mol. The fourth-order valence-corrected chi connectivity index (χ4v) is 2.58. The molecule has 6 heteroatoms. The first-order valence-electron chi connectivity index (χ1n) is 7.69. The zero-order chi connectivity index (χ0) is 16.2. The molecule has 3 heterocycles. The lowest BCUT2D eigenvalue weighted by atomic mass is 10.2. The second-order valence-corrected chi connectivity index (χ2v) is 5.76. The Morgan fingerprint density at radius 1 is 1.52 bits per heavy atom. The van der Waals surface area contributed by atoms with Gasteiger partial charge in [0.05, 0.1) is 19.8 Å². The zero-order valence-electron chi connectivity index (χ0n) is 13.4. The summed E-state index contributed by atoms with van der Waals surface area (Å²) in [4.78, 5) is 18.4. The topological polar surface area (TPSA) is 56.6 Å². The molecule has 23 heavy (non-hydrogen) atoms. The van der Waals surface area contributed by atoms with Crippen LogP contribution in [0, 0.1) is 0 Å². The molecule has 3 rings (SSSR count). The van der Waals surface area contributed by atoms with Crippen molar-refractivity contribution in [1.29, 1.82) is 0 Å². The average Bonchev–Trinajstić information content (AvgIpc) is 3.19. The van der Waals surface area contributed by atoms with Crippen LogP contribution in [0.5, 0.6) is 5.88 Å². The van der Waals surface area contributed by atoms with Crippen LogP contribution >= 0.6 is 0 Å². The highest BCUT2D eigenvalue weighted by Gasteiger charge is 2.19. The van der Waals surface area contributed by atoms with Gasteiger partial charge in [-0.25, -0.2) is 4.98 Å². The Hall–Kier alpha value is -2.34. The predicted molar refractivity (Wildman–Crippen MR) is 85.3 cm³/mol. The number of hydrogen-bond acceptors (Lipinski definition) is 4. The van der Waals surface area contributed by atoms with Gasteiger partial charge in [-0.05, 0) is 18.2 Å². The highest BCUT2D eigenvalue weighted by atomic mass is 16.5. The highest BCUT2D eigenvalue weighted by molar-refractivity contribution is 5.94. The smallest absolute Gasteiger partial charge is 0.254 e. The van der Waals surface area contributed by atoms with Gasteiger partial charge in [-0.3, -0.25) is 4.79 Å². The number of pyridine rings is 1. The van der Waals surface area contributed by atoms with E-state index in [0.717, 1.165) is 12.1 Å². The molecule has 0 aliphatic carbocycles. The number of ether oxygens (including phenoxy) is 2. The summed E-state index contributed by atoms with van der Waals surface area (Å²) in [6.45, 7) is 1.84. The number of amides is 1. The van der Waals surface area contributed by atoms with Crippen molar-refractivity contribution in [2.24, 2.45) is 7.05 Å². The van der Waals surface area contributed by atoms with Gasteiger partial charge < -0.3 is 18.9 Å². The Morgan fingerprint density at radius 3 is 3.09 bits per heavy atom. The van der Waals surface area contributed by atoms with Crippen molar-refractivity contribution in [3.05, 3.63) is 47.9 Å². The Kier molecular flexibility index (Phi) is 4.62. The lowest BCUT2D eigenvalue weighted by Gasteiger charge is -2.18. The van der Waals surface area contributed by atoms with Gasteiger partial charge in [0.2, 0.25) is 5.88 Å². The van der Waals surface area contributed by atoms with Crippen LogP contribution < -0.4 is 4.74 Å². The van der Waals surface area contributed by atoms with Crippen LogP contribution in [0.15, 0.2) is 36.7 Å². The maximum absolute atomic E-state index is 12.6. The minimum atomic E-state index is -0.0545. The first-order chi connectivity index (χ1) is 11.1. The maximum atomic E-state index is 12.6. The van der Waals surface area contributed by atoms with Crippen molar-refractivity contribution < 1.29 is 14.3 Å². The van der Waals surface area contributed by atoms with E-state index in [0.29, 0.717) is 31.2 Å². The molecule has 1 saturated heterocycles. The van der Waals surface area contributed by atoms with E-state index in [9.17, 15) is 4.79 Å². The molecule has 1 aliphatic heterocycles. The molecule has 2 aromatic rings. The minimum Gasteiger partial charge on any atom is -0.472 e. The summed E-state index contributed by atoms with van der Waals surface area (Å²) in [6.07, 6.45) is 4.45. The molecule has 1 fully saturated rings. The van der Waals surface area contributed by atoms with Crippen molar-refractivity contribution in [3.8, 4) is 5.88 Å². The molecule has 1 atom stereocenters. The molecular weight excluding hydrogens is 294 g/mol. The SMILES string of the molecule is CN(Cc1cccn1C)C(=O)c1ccnc(O[C@H]2CCOC2)c1. The van der Waals surface area contributed by atoms with E-state index in [1.807, 2.05) is 29.9 Å². The van der Waals surface area contributed by atoms with Crippen LogP contribution in [0.25, 0.3) is 0 Å². The number of rotatable bonds is 5. The first-order valence-corrected chi connectivity index (χ1v) is 7.69. The number of carbonyl (C=O) groups is 1. The van der Waals surface area contributed by atoms with Crippen molar-refractivity contribution in [2.75, 3.05) is 20.3 Å². The Labute approximate surface area is 135 Å². The molecule has 6 nitrogen and oxygen atoms in total. The number of carbonyl (C=O) groups excluding carboxylic acids is 1. The van der Waals surface area contributed by atoms with E-state index in [4.69, 9.17) is 9.47 Å². The molecule has 2 aromatic heterocycles. The fraction of sp³-hybridized carbons (Fsp3) is 0.412. The van der Waals surface area contributed by atoms with E-state index < -0.39 is 0 Å². The van der Waals surface area contributed by atoms with Crippen molar-refractivity contribution >= 4 is 5.91 Å². The summed E-state index contributed by atoms with van der Waals surface area (Å²) >= 11 is 0. The van der Waals surface area contributed by atoms with E-state index in [2.05, 4.69) is 4.98 Å². The summed E-state index contributed by atoms with van der Waals surface area (Å²) < 4.78 is 13.0. The summed E-state index contributed by atoms with van der Waals surface area (Å²) in [6, 6.07) is 7.38. The molecular formula is C17H21N3O3. The molecule has 0 spiro atoms. The summed E-state index contributed by atoms with van der Waals surface area (Å²) in [5, 5.41) is 0. The minimum absolute atomic E-state index is 0.0222. The van der Waals surface area contributed by atoms with E-state index in [1.165, 1.54) is 0 Å². The molecule has 0 unspecified atom stereocenters. The lowest BCUT2D eigenvalue weighted by molar-refractivity contribution is 0.0781. The number of aryl methyl sites for hydroxylation is 1. The molecule has 0 radical (unpaired) electrons. The third kappa shape index (κ3) is 3.71. The molecule has 0 aromatic carbocycles. The largest absolute Gasteiger partial charge is 0.472 e. The van der Waals surface area contributed by atoms with Crippen LogP contribution in [-0.4, -0.2) is 46.7 Å². The van der Waals surface area contributed by atoms with Crippen molar-refractivity contribution in [1.82, 2.24) is 14.5 Å². The third-order valence-corrected chi connectivity index (χ3v) is 3.95. The number of hydrogen-bond donors (Lipinski definition) is 0. The van der Waals surface area contributed by atoms with Gasteiger partial charge in [-0.1, -0.05) is 0 Å². The summed E-state index contributed by atoms with van der Waals surface area (Å²) in [5.41, 5.74) is 1.65. The first kappa shape index (κ1) is 15.6. The predicted octanol–water partition coefficient (Wildman–Crippen LogP) is 1.86. The third-order valence-electron chi connectivity index (χ3n) is 3.95. The van der Waals surface area contributed by atoms with Gasteiger partial charge in [0.15, 0.2) is 0 Å². The lowest BCUT2D eigenvalue weighted by Crippen LogP contribution is -2.27. The highest BCUT2D eigenvalue weighted by Crippen LogP contribution is 2.17. The molecule has 0 saturated carbocycles. The molecule has 122 valence electrons. The van der Waals surface area contributed by atoms with E-state index >= 15 is 0 Å². The van der Waals surface area contributed by atoms with Gasteiger partial charge in [-0.2, -0.15) is 0 Å². The standard InChI is InChI=1S/C17H21N3O3/c1-19-8-3-4-14(19)11-20(2)17(21)13-5-7-18-16(10-13)23-15-6-9-22-12-15/h3-5,7-8,10,15H,6,9,11-12H2,1-2H3/t15-/m0/s1. The van der Waals surface area contributed by atoms with Gasteiger partial charge >= 0.3 is 0 Å². The monoisotopic (exact) mass is 315 g/mol. The number of aromatic nitrogens is 2. The summed E-state index contributed by atoms with van der Waals surface area (Å²) in [5.74, 6) is 0.416. The van der Waals surface area contributed by atoms with Gasteiger partial charge in [0.25, 0.3) is 5.91 Å². The molecule has 1 amide bonds. The van der Waals surface area contributed by atoms with Crippen LogP contribution in [0.4, 0.5) is 0 Å². The summed E-state index contributed by atoms with van der Waals surface area (Å²) in [7, 11) is 3.76. The Balaban J connectivity index is 1.67. The molecule has 0 bridgehead atoms. The fourth-order valence-electron chi connectivity index (χ4n) is 2.58. The van der Waals surface area contributed by atoms with Crippen molar-refractivity contribution in [2.45, 2.75) is 19.1 Å². The maximum Gasteiger partial charge on any atom is 0.254 e. The second kappa shape index (κ2) is 6.83. The van der Waals surface area contributed by atoms with E-state index in [-0.39, 0.29) is 12.0 Å². The Bertz CT molecular complexity index is 677. The molecule has 0 N–H and O–H groups in total. The second-order valence-electron chi connectivity index (χ2n) is 5.76. The van der Waals surface area contributed by atoms with Crippen LogP contribution in [0.1, 0.15) is 22.5 Å². The van der Waals surface area contributed by atoms with Gasteiger partial charge in [-0.15, -0.1) is 0 Å². The quantitative estimate of drug-likeness (QED) is 0.845. The zero-order valence-corrected chi connectivity index (χ0v) is 13.4. The molecule has 1 aliphatic rings. The van der Waals surface area contributed by atoms with Crippen molar-refractivity contribution in [3.63, 3.8) is 0 Å². The van der Waals surface area contributed by atoms with Crippen LogP contribution in [-0.2, 0) is 18.3 Å². The van der Waals surface area contributed by atoms with Gasteiger partial charge in [0.1, 0.15) is 6.10 Å². The van der Waals surface area contributed by atoms with Crippen LogP contribution in [0.3, 0.4) is 0 Å². The Morgan fingerprint density at radius 2 is 2.39 bits per heavy atom. The van der Waals surface area contributed by atoms with Crippen LogP contribution in [0.2, 0.25) is 0 Å². The van der Waals surface area contributed by atoms with E-state index in [1.54, 1.807) is 30.3 Å². The van der Waals surface area contributed by atoms with Gasteiger partial charge in [0, 0.05) is 50.2 Å². The number of nitrogens with zero attached hydrogens (tertiary/aromatic N) is 3.